The molecule has 4 heteroatoms. The van der Waals surface area contributed by atoms with E-state index in [1.54, 1.807) is 18.5 Å². The van der Waals surface area contributed by atoms with E-state index in [1.165, 1.54) is 5.56 Å². The number of ether oxygens (including phenoxy) is 1. The van der Waals surface area contributed by atoms with Gasteiger partial charge in [0.05, 0.1) is 0 Å². The first-order valence-electron chi connectivity index (χ1n) is 6.92. The van der Waals surface area contributed by atoms with Crippen molar-refractivity contribution in [1.82, 2.24) is 15.3 Å². The van der Waals surface area contributed by atoms with Crippen LogP contribution in [0, 0.1) is 5.92 Å². The number of hydrogen-bond acceptors (Lipinski definition) is 4. The largest absolute Gasteiger partial charge is 0.486 e. The summed E-state index contributed by atoms with van der Waals surface area (Å²) in [7, 11) is 0. The van der Waals surface area contributed by atoms with E-state index in [0.717, 1.165) is 18.8 Å². The fourth-order valence-corrected chi connectivity index (χ4v) is 1.76. The number of rotatable bonds is 7. The molecular formula is C16H21N3O. The Hall–Kier alpha value is -1.94. The summed E-state index contributed by atoms with van der Waals surface area (Å²) in [5.41, 5.74) is 1.26. The van der Waals surface area contributed by atoms with E-state index >= 15 is 0 Å². The van der Waals surface area contributed by atoms with Gasteiger partial charge in [0.15, 0.2) is 5.82 Å². The average Bonchev–Trinajstić information content (AvgIpc) is 2.47. The zero-order chi connectivity index (χ0) is 14.2. The van der Waals surface area contributed by atoms with E-state index in [2.05, 4.69) is 41.3 Å². The van der Waals surface area contributed by atoms with Gasteiger partial charge in [0.25, 0.3) is 0 Å². The van der Waals surface area contributed by atoms with Crippen LogP contribution in [0.2, 0.25) is 0 Å². The normalized spacial score (nSPS) is 10.8. The topological polar surface area (TPSA) is 47.0 Å². The van der Waals surface area contributed by atoms with Crippen molar-refractivity contribution in [3.8, 4) is 5.75 Å². The molecule has 20 heavy (non-hydrogen) atoms. The van der Waals surface area contributed by atoms with Crippen molar-refractivity contribution in [2.24, 2.45) is 5.92 Å². The molecule has 1 heterocycles. The van der Waals surface area contributed by atoms with Crippen molar-refractivity contribution in [2.45, 2.75) is 27.0 Å². The number of aromatic nitrogens is 2. The fraction of sp³-hybridized carbons (Fsp3) is 0.375. The third-order valence-electron chi connectivity index (χ3n) is 2.79. The first-order valence-corrected chi connectivity index (χ1v) is 6.92. The predicted octanol–water partition coefficient (Wildman–Crippen LogP) is 2.80. The minimum Gasteiger partial charge on any atom is -0.486 e. The Bertz CT molecular complexity index is 497. The summed E-state index contributed by atoms with van der Waals surface area (Å²) in [4.78, 5) is 8.24. The van der Waals surface area contributed by atoms with Gasteiger partial charge in [0, 0.05) is 18.9 Å². The monoisotopic (exact) mass is 271 g/mol. The third-order valence-corrected chi connectivity index (χ3v) is 2.79. The van der Waals surface area contributed by atoms with Gasteiger partial charge in [-0.1, -0.05) is 26.0 Å². The first kappa shape index (κ1) is 14.5. The van der Waals surface area contributed by atoms with Crippen molar-refractivity contribution in [1.29, 1.82) is 0 Å². The van der Waals surface area contributed by atoms with Crippen LogP contribution in [0.4, 0.5) is 0 Å². The maximum absolute atomic E-state index is 5.64. The second-order valence-electron chi connectivity index (χ2n) is 5.12. The molecule has 0 aliphatic rings. The lowest BCUT2D eigenvalue weighted by atomic mass is 10.2. The smallest absolute Gasteiger partial charge is 0.166 e. The van der Waals surface area contributed by atoms with E-state index in [1.807, 2.05) is 12.1 Å². The van der Waals surface area contributed by atoms with Crippen molar-refractivity contribution < 1.29 is 4.74 Å². The number of nitrogens with zero attached hydrogens (tertiary/aromatic N) is 2. The second kappa shape index (κ2) is 7.60. The van der Waals surface area contributed by atoms with E-state index < -0.39 is 0 Å². The number of benzene rings is 1. The van der Waals surface area contributed by atoms with Crippen LogP contribution in [0.1, 0.15) is 25.2 Å². The van der Waals surface area contributed by atoms with Crippen LogP contribution in [0.15, 0.2) is 42.7 Å². The Morgan fingerprint density at radius 3 is 2.45 bits per heavy atom. The molecule has 0 aliphatic heterocycles. The molecule has 0 bridgehead atoms. The standard InChI is InChI=1S/C16H21N3O/c1-13(2)10-17-11-14-4-6-15(7-5-14)20-12-16-18-8-3-9-19-16/h3-9,13,17H,10-12H2,1-2H3. The lowest BCUT2D eigenvalue weighted by Crippen LogP contribution is -2.18. The molecule has 0 radical (unpaired) electrons. The molecule has 0 fully saturated rings. The molecule has 0 aliphatic carbocycles. The van der Waals surface area contributed by atoms with E-state index in [-0.39, 0.29) is 0 Å². The third kappa shape index (κ3) is 4.97. The summed E-state index contributed by atoms with van der Waals surface area (Å²) in [6.45, 7) is 6.72. The number of nitrogens with one attached hydrogen (secondary N) is 1. The lowest BCUT2D eigenvalue weighted by Gasteiger charge is -2.09. The zero-order valence-electron chi connectivity index (χ0n) is 12.0. The Morgan fingerprint density at radius 1 is 1.10 bits per heavy atom. The summed E-state index contributed by atoms with van der Waals surface area (Å²) < 4.78 is 5.64. The molecule has 0 amide bonds. The molecule has 106 valence electrons. The minimum atomic E-state index is 0.395. The highest BCUT2D eigenvalue weighted by Crippen LogP contribution is 2.13. The van der Waals surface area contributed by atoms with Crippen LogP contribution < -0.4 is 10.1 Å². The Morgan fingerprint density at radius 2 is 1.80 bits per heavy atom. The fourth-order valence-electron chi connectivity index (χ4n) is 1.76. The molecule has 4 nitrogen and oxygen atoms in total. The zero-order valence-corrected chi connectivity index (χ0v) is 12.0. The van der Waals surface area contributed by atoms with Gasteiger partial charge in [-0.05, 0) is 36.2 Å². The van der Waals surface area contributed by atoms with Crippen LogP contribution in [0.5, 0.6) is 5.75 Å². The SMILES string of the molecule is CC(C)CNCc1ccc(OCc2ncccn2)cc1. The van der Waals surface area contributed by atoms with Gasteiger partial charge in [-0.3, -0.25) is 0 Å². The predicted molar refractivity (Wildman–Crippen MR) is 79.4 cm³/mol. The molecule has 2 aromatic rings. The van der Waals surface area contributed by atoms with Crippen molar-refractivity contribution in [3.63, 3.8) is 0 Å². The molecule has 0 saturated carbocycles. The maximum atomic E-state index is 5.64. The summed E-state index contributed by atoms with van der Waals surface area (Å²) in [5.74, 6) is 2.20. The van der Waals surface area contributed by atoms with Gasteiger partial charge in [0.2, 0.25) is 0 Å². The minimum absolute atomic E-state index is 0.395. The first-order chi connectivity index (χ1) is 9.74. The average molecular weight is 271 g/mol. The Labute approximate surface area is 120 Å². The van der Waals surface area contributed by atoms with Crippen molar-refractivity contribution in [3.05, 3.63) is 54.1 Å². The molecule has 1 aromatic carbocycles. The molecule has 0 spiro atoms. The summed E-state index contributed by atoms with van der Waals surface area (Å²) in [6.07, 6.45) is 3.43. The van der Waals surface area contributed by atoms with Gasteiger partial charge in [0.1, 0.15) is 12.4 Å². The molecule has 0 saturated heterocycles. The Kier molecular flexibility index (Phi) is 5.50. The highest BCUT2D eigenvalue weighted by Gasteiger charge is 1.99. The van der Waals surface area contributed by atoms with Gasteiger partial charge in [-0.2, -0.15) is 0 Å². The van der Waals surface area contributed by atoms with Crippen molar-refractivity contribution in [2.75, 3.05) is 6.54 Å². The summed E-state index contributed by atoms with van der Waals surface area (Å²) in [6, 6.07) is 9.91. The molecule has 0 unspecified atom stereocenters. The molecular weight excluding hydrogens is 250 g/mol. The van der Waals surface area contributed by atoms with Crippen LogP contribution in [-0.2, 0) is 13.2 Å². The summed E-state index contributed by atoms with van der Waals surface area (Å²) in [5, 5.41) is 3.42. The van der Waals surface area contributed by atoms with E-state index in [0.29, 0.717) is 18.3 Å². The highest BCUT2D eigenvalue weighted by atomic mass is 16.5. The van der Waals surface area contributed by atoms with Crippen LogP contribution in [0.25, 0.3) is 0 Å². The highest BCUT2D eigenvalue weighted by molar-refractivity contribution is 5.27. The lowest BCUT2D eigenvalue weighted by molar-refractivity contribution is 0.295. The Balaban J connectivity index is 1.79. The van der Waals surface area contributed by atoms with E-state index in [4.69, 9.17) is 4.74 Å². The maximum Gasteiger partial charge on any atom is 0.166 e. The van der Waals surface area contributed by atoms with Crippen LogP contribution >= 0.6 is 0 Å². The number of hydrogen-bond donors (Lipinski definition) is 1. The molecule has 2 rings (SSSR count). The molecule has 0 atom stereocenters. The van der Waals surface area contributed by atoms with Crippen molar-refractivity contribution >= 4 is 0 Å². The van der Waals surface area contributed by atoms with Crippen LogP contribution in [0.3, 0.4) is 0 Å². The quantitative estimate of drug-likeness (QED) is 0.841. The van der Waals surface area contributed by atoms with Gasteiger partial charge >= 0.3 is 0 Å². The van der Waals surface area contributed by atoms with Gasteiger partial charge < -0.3 is 10.1 Å². The summed E-state index contributed by atoms with van der Waals surface area (Å²) >= 11 is 0. The van der Waals surface area contributed by atoms with Gasteiger partial charge in [-0.15, -0.1) is 0 Å². The van der Waals surface area contributed by atoms with Gasteiger partial charge in [-0.25, -0.2) is 9.97 Å². The molecule has 1 aromatic heterocycles. The van der Waals surface area contributed by atoms with Crippen LogP contribution in [-0.4, -0.2) is 16.5 Å². The second-order valence-corrected chi connectivity index (χ2v) is 5.12. The molecule has 1 N–H and O–H groups in total. The van der Waals surface area contributed by atoms with E-state index in [9.17, 15) is 0 Å².